The van der Waals surface area contributed by atoms with E-state index in [1.54, 1.807) is 4.52 Å². The summed E-state index contributed by atoms with van der Waals surface area (Å²) in [6.45, 7) is 4.14. The van der Waals surface area contributed by atoms with Gasteiger partial charge < -0.3 is 5.32 Å². The fourth-order valence-electron chi connectivity index (χ4n) is 2.38. The van der Waals surface area contributed by atoms with Gasteiger partial charge >= 0.3 is 0 Å². The van der Waals surface area contributed by atoms with Crippen LogP contribution in [0.5, 0.6) is 0 Å². The second-order valence-corrected chi connectivity index (χ2v) is 6.39. The van der Waals surface area contributed by atoms with Crippen LogP contribution in [0.1, 0.15) is 11.1 Å². The third kappa shape index (κ3) is 2.57. The van der Waals surface area contributed by atoms with E-state index in [0.29, 0.717) is 0 Å². The number of rotatable bonds is 3. The molecule has 114 valence electrons. The lowest BCUT2D eigenvalue weighted by atomic mass is 10.1. The van der Waals surface area contributed by atoms with Gasteiger partial charge in [0.15, 0.2) is 5.82 Å². The monoisotopic (exact) mass is 321 g/mol. The molecule has 0 radical (unpaired) electrons. The molecule has 0 saturated carbocycles. The van der Waals surface area contributed by atoms with E-state index in [4.69, 9.17) is 0 Å². The van der Waals surface area contributed by atoms with Gasteiger partial charge in [-0.05, 0) is 25.5 Å². The normalized spacial score (nSPS) is 11.0. The number of anilines is 2. The molecular weight excluding hydrogens is 306 g/mol. The number of aryl methyl sites for hydroxylation is 2. The summed E-state index contributed by atoms with van der Waals surface area (Å²) in [6, 6.07) is 16.4. The van der Waals surface area contributed by atoms with Gasteiger partial charge in [0.25, 0.3) is 0 Å². The Morgan fingerprint density at radius 3 is 2.52 bits per heavy atom. The molecule has 0 saturated heterocycles. The van der Waals surface area contributed by atoms with Crippen LogP contribution >= 0.6 is 11.3 Å². The van der Waals surface area contributed by atoms with E-state index >= 15 is 0 Å². The standard InChI is InChI=1S/C17H15N5S/c1-11-7-9-13(10-8-11)15-19-20-17-22(15)21-16(23-17)18-14-6-4-3-5-12(14)2/h3-10H,1-2H3,(H,18,21). The summed E-state index contributed by atoms with van der Waals surface area (Å²) >= 11 is 1.49. The second kappa shape index (κ2) is 5.48. The molecule has 2 aromatic heterocycles. The highest BCUT2D eigenvalue weighted by molar-refractivity contribution is 7.20. The van der Waals surface area contributed by atoms with Gasteiger partial charge in [-0.3, -0.25) is 0 Å². The average molecular weight is 321 g/mol. The largest absolute Gasteiger partial charge is 0.330 e. The van der Waals surface area contributed by atoms with E-state index in [1.807, 2.05) is 30.3 Å². The number of para-hydroxylation sites is 1. The summed E-state index contributed by atoms with van der Waals surface area (Å²) < 4.78 is 1.79. The van der Waals surface area contributed by atoms with Gasteiger partial charge in [-0.15, -0.1) is 15.3 Å². The Balaban J connectivity index is 1.72. The smallest absolute Gasteiger partial charge is 0.236 e. The highest BCUT2D eigenvalue weighted by atomic mass is 32.1. The number of benzene rings is 2. The summed E-state index contributed by atoms with van der Waals surface area (Å²) in [6.07, 6.45) is 0. The van der Waals surface area contributed by atoms with Crippen LogP contribution in [0, 0.1) is 13.8 Å². The molecule has 4 rings (SSSR count). The van der Waals surface area contributed by atoms with Crippen molar-refractivity contribution < 1.29 is 0 Å². The molecule has 23 heavy (non-hydrogen) atoms. The van der Waals surface area contributed by atoms with Crippen molar-refractivity contribution >= 4 is 27.1 Å². The minimum atomic E-state index is 0.758. The third-order valence-electron chi connectivity index (χ3n) is 3.69. The van der Waals surface area contributed by atoms with Gasteiger partial charge in [-0.25, -0.2) is 0 Å². The fourth-order valence-corrected chi connectivity index (χ4v) is 3.13. The highest BCUT2D eigenvalue weighted by Crippen LogP contribution is 2.27. The van der Waals surface area contributed by atoms with E-state index in [2.05, 4.69) is 52.7 Å². The molecule has 0 spiro atoms. The van der Waals surface area contributed by atoms with Crippen molar-refractivity contribution in [3.63, 3.8) is 0 Å². The van der Waals surface area contributed by atoms with E-state index in [-0.39, 0.29) is 0 Å². The minimum Gasteiger partial charge on any atom is -0.330 e. The number of aromatic nitrogens is 4. The SMILES string of the molecule is Cc1ccc(-c2nnc3sc(Nc4ccccc4C)nn23)cc1. The molecule has 2 heterocycles. The number of fused-ring (bicyclic) bond motifs is 1. The summed E-state index contributed by atoms with van der Waals surface area (Å²) in [4.78, 5) is 0.775. The van der Waals surface area contributed by atoms with Crippen molar-refractivity contribution in [1.29, 1.82) is 0 Å². The first-order valence-corrected chi connectivity index (χ1v) is 8.14. The molecule has 0 aliphatic carbocycles. The lowest BCUT2D eigenvalue weighted by Crippen LogP contribution is -1.95. The molecule has 0 aliphatic rings. The van der Waals surface area contributed by atoms with Crippen molar-refractivity contribution in [1.82, 2.24) is 19.8 Å². The van der Waals surface area contributed by atoms with Gasteiger partial charge in [0.2, 0.25) is 10.1 Å². The number of nitrogens with one attached hydrogen (secondary N) is 1. The molecule has 6 heteroatoms. The first-order valence-electron chi connectivity index (χ1n) is 7.32. The molecule has 0 amide bonds. The number of hydrogen-bond donors (Lipinski definition) is 1. The third-order valence-corrected chi connectivity index (χ3v) is 4.50. The minimum absolute atomic E-state index is 0.758. The summed E-state index contributed by atoms with van der Waals surface area (Å²) in [7, 11) is 0. The fraction of sp³-hybridized carbons (Fsp3) is 0.118. The van der Waals surface area contributed by atoms with Crippen molar-refractivity contribution in [2.75, 3.05) is 5.32 Å². The van der Waals surface area contributed by atoms with Crippen LogP contribution in [-0.4, -0.2) is 19.8 Å². The van der Waals surface area contributed by atoms with Crippen LogP contribution in [0.25, 0.3) is 16.3 Å². The first kappa shape index (κ1) is 13.9. The summed E-state index contributed by atoms with van der Waals surface area (Å²) in [5.74, 6) is 0.758. The lowest BCUT2D eigenvalue weighted by Gasteiger charge is -2.04. The van der Waals surface area contributed by atoms with Gasteiger partial charge in [0.1, 0.15) is 0 Å². The topological polar surface area (TPSA) is 55.1 Å². The summed E-state index contributed by atoms with van der Waals surface area (Å²) in [5.41, 5.74) is 4.46. The number of hydrogen-bond acceptors (Lipinski definition) is 5. The molecule has 4 aromatic rings. The molecular formula is C17H15N5S. The Kier molecular flexibility index (Phi) is 3.31. The molecule has 0 aliphatic heterocycles. The van der Waals surface area contributed by atoms with Crippen molar-refractivity contribution in [3.05, 3.63) is 59.7 Å². The van der Waals surface area contributed by atoms with Crippen LogP contribution in [-0.2, 0) is 0 Å². The maximum absolute atomic E-state index is 4.61. The highest BCUT2D eigenvalue weighted by Gasteiger charge is 2.13. The molecule has 0 bridgehead atoms. The van der Waals surface area contributed by atoms with E-state index in [0.717, 1.165) is 27.2 Å². The van der Waals surface area contributed by atoms with Crippen molar-refractivity contribution in [2.24, 2.45) is 0 Å². The maximum atomic E-state index is 4.61. The zero-order valence-corrected chi connectivity index (χ0v) is 13.6. The Morgan fingerprint density at radius 2 is 1.74 bits per heavy atom. The second-order valence-electron chi connectivity index (χ2n) is 5.43. The Bertz CT molecular complexity index is 968. The van der Waals surface area contributed by atoms with E-state index in [1.165, 1.54) is 22.5 Å². The average Bonchev–Trinajstić information content (AvgIpc) is 3.11. The van der Waals surface area contributed by atoms with Crippen LogP contribution in [0.2, 0.25) is 0 Å². The number of nitrogens with zero attached hydrogens (tertiary/aromatic N) is 4. The Labute approximate surface area is 137 Å². The maximum Gasteiger partial charge on any atom is 0.236 e. The Hall–Kier alpha value is -2.73. The first-order chi connectivity index (χ1) is 11.2. The van der Waals surface area contributed by atoms with Crippen molar-refractivity contribution in [3.8, 4) is 11.4 Å². The quantitative estimate of drug-likeness (QED) is 0.614. The molecule has 0 fully saturated rings. The zero-order chi connectivity index (χ0) is 15.8. The molecule has 0 unspecified atom stereocenters. The van der Waals surface area contributed by atoms with E-state index in [9.17, 15) is 0 Å². The van der Waals surface area contributed by atoms with Crippen molar-refractivity contribution in [2.45, 2.75) is 13.8 Å². The summed E-state index contributed by atoms with van der Waals surface area (Å²) in [5, 5.41) is 17.2. The molecule has 2 aromatic carbocycles. The molecule has 5 nitrogen and oxygen atoms in total. The van der Waals surface area contributed by atoms with Crippen LogP contribution in [0.3, 0.4) is 0 Å². The lowest BCUT2D eigenvalue weighted by molar-refractivity contribution is 0.970. The van der Waals surface area contributed by atoms with E-state index < -0.39 is 0 Å². The van der Waals surface area contributed by atoms with Gasteiger partial charge in [0.05, 0.1) is 0 Å². The predicted octanol–water partition coefficient (Wildman–Crippen LogP) is 4.21. The molecule has 0 atom stereocenters. The molecule has 1 N–H and O–H groups in total. The van der Waals surface area contributed by atoms with Gasteiger partial charge in [-0.2, -0.15) is 4.52 Å². The van der Waals surface area contributed by atoms with Gasteiger partial charge in [-0.1, -0.05) is 59.4 Å². The van der Waals surface area contributed by atoms with Crippen LogP contribution < -0.4 is 5.32 Å². The Morgan fingerprint density at radius 1 is 0.957 bits per heavy atom. The van der Waals surface area contributed by atoms with Gasteiger partial charge in [0, 0.05) is 11.3 Å². The van der Waals surface area contributed by atoms with Crippen LogP contribution in [0.15, 0.2) is 48.5 Å². The zero-order valence-electron chi connectivity index (χ0n) is 12.8. The van der Waals surface area contributed by atoms with Crippen LogP contribution in [0.4, 0.5) is 10.8 Å². The predicted molar refractivity (Wildman–Crippen MR) is 93.3 cm³/mol.